The number of ketones is 2. The van der Waals surface area contributed by atoms with Gasteiger partial charge in [0.25, 0.3) is 0 Å². The molecule has 0 N–H and O–H groups in total. The molecule has 0 amide bonds. The zero-order valence-electron chi connectivity index (χ0n) is 12.0. The minimum absolute atomic E-state index is 0.275. The van der Waals surface area contributed by atoms with E-state index in [4.69, 9.17) is 4.74 Å². The van der Waals surface area contributed by atoms with Crippen LogP contribution in [0.5, 0.6) is 0 Å². The first-order valence-electron chi connectivity index (χ1n) is 6.67. The summed E-state index contributed by atoms with van der Waals surface area (Å²) in [6.45, 7) is 1.24. The zero-order valence-corrected chi connectivity index (χ0v) is 12.0. The van der Waals surface area contributed by atoms with Gasteiger partial charge in [0.15, 0.2) is 17.3 Å². The standard InChI is InChI=1S/C18H14O4/c1-13(19)17(12-16(20)14-8-4-2-5-9-14)22-18(21)15-10-6-3-7-11-15/h2-12H,1H3. The molecular weight excluding hydrogens is 280 g/mol. The molecule has 0 radical (unpaired) electrons. The van der Waals surface area contributed by atoms with Crippen molar-refractivity contribution in [2.45, 2.75) is 6.92 Å². The summed E-state index contributed by atoms with van der Waals surface area (Å²) in [5.41, 5.74) is 0.721. The van der Waals surface area contributed by atoms with Gasteiger partial charge in [0.2, 0.25) is 0 Å². The van der Waals surface area contributed by atoms with E-state index in [0.717, 1.165) is 6.08 Å². The summed E-state index contributed by atoms with van der Waals surface area (Å²) in [5, 5.41) is 0. The molecule has 22 heavy (non-hydrogen) atoms. The number of Topliss-reactive ketones (excluding diaryl/α,β-unsaturated/α-hetero) is 1. The van der Waals surface area contributed by atoms with Crippen molar-refractivity contribution in [3.05, 3.63) is 83.6 Å². The molecule has 0 aromatic heterocycles. The molecule has 110 valence electrons. The van der Waals surface area contributed by atoms with Crippen LogP contribution in [0.4, 0.5) is 0 Å². The fraction of sp³-hybridized carbons (Fsp3) is 0.0556. The second-order valence-electron chi connectivity index (χ2n) is 4.55. The van der Waals surface area contributed by atoms with Crippen LogP contribution in [0.2, 0.25) is 0 Å². The molecule has 0 saturated heterocycles. The van der Waals surface area contributed by atoms with E-state index >= 15 is 0 Å². The van der Waals surface area contributed by atoms with Crippen molar-refractivity contribution >= 4 is 17.5 Å². The SMILES string of the molecule is CC(=O)C(=CC(=O)c1ccccc1)OC(=O)c1ccccc1. The first kappa shape index (κ1) is 15.4. The number of hydrogen-bond donors (Lipinski definition) is 0. The third-order valence-electron chi connectivity index (χ3n) is 2.88. The van der Waals surface area contributed by atoms with Crippen LogP contribution in [0.1, 0.15) is 27.6 Å². The van der Waals surface area contributed by atoms with Gasteiger partial charge in [-0.15, -0.1) is 0 Å². The van der Waals surface area contributed by atoms with E-state index in [1.165, 1.54) is 6.92 Å². The van der Waals surface area contributed by atoms with Crippen LogP contribution in [0.3, 0.4) is 0 Å². The van der Waals surface area contributed by atoms with Crippen LogP contribution in [-0.2, 0) is 9.53 Å². The molecule has 2 aromatic carbocycles. The lowest BCUT2D eigenvalue weighted by atomic mass is 10.1. The quantitative estimate of drug-likeness (QED) is 0.368. The van der Waals surface area contributed by atoms with E-state index in [-0.39, 0.29) is 5.76 Å². The number of allylic oxidation sites excluding steroid dienone is 2. The molecule has 0 unspecified atom stereocenters. The predicted octanol–water partition coefficient (Wildman–Crippen LogP) is 3.20. The molecule has 4 nitrogen and oxygen atoms in total. The van der Waals surface area contributed by atoms with E-state index in [0.29, 0.717) is 11.1 Å². The van der Waals surface area contributed by atoms with Crippen LogP contribution < -0.4 is 0 Å². The maximum atomic E-state index is 12.1. The zero-order chi connectivity index (χ0) is 15.9. The number of esters is 1. The summed E-state index contributed by atoms with van der Waals surface area (Å²) < 4.78 is 5.04. The highest BCUT2D eigenvalue weighted by atomic mass is 16.5. The van der Waals surface area contributed by atoms with Crippen molar-refractivity contribution in [1.29, 1.82) is 0 Å². The van der Waals surface area contributed by atoms with Gasteiger partial charge >= 0.3 is 5.97 Å². The summed E-state index contributed by atoms with van der Waals surface area (Å²) in [6.07, 6.45) is 1.04. The average molecular weight is 294 g/mol. The Balaban J connectivity index is 2.20. The largest absolute Gasteiger partial charge is 0.419 e. The van der Waals surface area contributed by atoms with Crippen LogP contribution >= 0.6 is 0 Å². The predicted molar refractivity (Wildman–Crippen MR) is 81.4 cm³/mol. The summed E-state index contributed by atoms with van der Waals surface area (Å²) in [5.74, 6) is -1.84. The van der Waals surface area contributed by atoms with Crippen molar-refractivity contribution in [2.24, 2.45) is 0 Å². The minimum Gasteiger partial charge on any atom is -0.419 e. The van der Waals surface area contributed by atoms with E-state index in [9.17, 15) is 14.4 Å². The van der Waals surface area contributed by atoms with E-state index < -0.39 is 17.5 Å². The van der Waals surface area contributed by atoms with Crippen LogP contribution in [0, 0.1) is 0 Å². The summed E-state index contributed by atoms with van der Waals surface area (Å²) in [4.78, 5) is 35.6. The fourth-order valence-electron chi connectivity index (χ4n) is 1.74. The Morgan fingerprint density at radius 3 is 1.82 bits per heavy atom. The molecule has 0 spiro atoms. The normalized spacial score (nSPS) is 10.9. The maximum absolute atomic E-state index is 12.1. The molecule has 0 atom stereocenters. The van der Waals surface area contributed by atoms with Gasteiger partial charge in [-0.05, 0) is 12.1 Å². The Morgan fingerprint density at radius 1 is 0.818 bits per heavy atom. The molecular formula is C18H14O4. The summed E-state index contributed by atoms with van der Waals surface area (Å²) >= 11 is 0. The van der Waals surface area contributed by atoms with Crippen LogP contribution in [0.15, 0.2) is 72.5 Å². The monoisotopic (exact) mass is 294 g/mol. The van der Waals surface area contributed by atoms with E-state index in [2.05, 4.69) is 0 Å². The van der Waals surface area contributed by atoms with E-state index in [1.807, 2.05) is 0 Å². The molecule has 0 aliphatic heterocycles. The number of hydrogen-bond acceptors (Lipinski definition) is 4. The number of benzene rings is 2. The van der Waals surface area contributed by atoms with Gasteiger partial charge in [-0.25, -0.2) is 4.79 Å². The number of rotatable bonds is 5. The number of carbonyl (C=O) groups excluding carboxylic acids is 3. The highest BCUT2D eigenvalue weighted by Gasteiger charge is 2.15. The second kappa shape index (κ2) is 7.13. The number of carbonyl (C=O) groups is 3. The highest BCUT2D eigenvalue weighted by Crippen LogP contribution is 2.10. The molecule has 0 aliphatic carbocycles. The first-order valence-corrected chi connectivity index (χ1v) is 6.67. The second-order valence-corrected chi connectivity index (χ2v) is 4.55. The van der Waals surface area contributed by atoms with Gasteiger partial charge in [0.1, 0.15) is 0 Å². The van der Waals surface area contributed by atoms with E-state index in [1.54, 1.807) is 60.7 Å². The molecule has 2 rings (SSSR count). The topological polar surface area (TPSA) is 60.4 Å². The third kappa shape index (κ3) is 3.99. The average Bonchev–Trinajstić information content (AvgIpc) is 2.55. The van der Waals surface area contributed by atoms with Crippen molar-refractivity contribution in [1.82, 2.24) is 0 Å². The molecule has 4 heteroatoms. The molecule has 0 heterocycles. The van der Waals surface area contributed by atoms with Crippen LogP contribution in [0.25, 0.3) is 0 Å². The highest BCUT2D eigenvalue weighted by molar-refractivity contribution is 6.09. The Morgan fingerprint density at radius 2 is 1.32 bits per heavy atom. The third-order valence-corrected chi connectivity index (χ3v) is 2.88. The van der Waals surface area contributed by atoms with Crippen molar-refractivity contribution < 1.29 is 19.1 Å². The van der Waals surface area contributed by atoms with Gasteiger partial charge in [-0.2, -0.15) is 0 Å². The molecule has 0 aliphatic rings. The van der Waals surface area contributed by atoms with Gasteiger partial charge in [0.05, 0.1) is 5.56 Å². The minimum atomic E-state index is -0.678. The van der Waals surface area contributed by atoms with Crippen molar-refractivity contribution in [3.63, 3.8) is 0 Å². The van der Waals surface area contributed by atoms with Crippen molar-refractivity contribution in [3.8, 4) is 0 Å². The summed E-state index contributed by atoms with van der Waals surface area (Å²) in [7, 11) is 0. The smallest absolute Gasteiger partial charge is 0.343 e. The Hall–Kier alpha value is -3.01. The van der Waals surface area contributed by atoms with Gasteiger partial charge in [0, 0.05) is 18.6 Å². The molecule has 0 fully saturated rings. The lowest BCUT2D eigenvalue weighted by molar-refractivity contribution is -0.116. The fourth-order valence-corrected chi connectivity index (χ4v) is 1.74. The van der Waals surface area contributed by atoms with Crippen LogP contribution in [-0.4, -0.2) is 17.5 Å². The Kier molecular flexibility index (Phi) is 4.98. The lowest BCUT2D eigenvalue weighted by Gasteiger charge is -2.06. The first-order chi connectivity index (χ1) is 10.6. The molecule has 0 saturated carbocycles. The van der Waals surface area contributed by atoms with Gasteiger partial charge in [-0.1, -0.05) is 48.5 Å². The Labute approximate surface area is 128 Å². The Bertz CT molecular complexity index is 715. The lowest BCUT2D eigenvalue weighted by Crippen LogP contribution is -2.11. The molecule has 2 aromatic rings. The van der Waals surface area contributed by atoms with Crippen molar-refractivity contribution in [2.75, 3.05) is 0 Å². The molecule has 0 bridgehead atoms. The number of ether oxygens (including phenoxy) is 1. The maximum Gasteiger partial charge on any atom is 0.343 e. The van der Waals surface area contributed by atoms with Gasteiger partial charge < -0.3 is 4.74 Å². The van der Waals surface area contributed by atoms with Gasteiger partial charge in [-0.3, -0.25) is 9.59 Å². The summed E-state index contributed by atoms with van der Waals surface area (Å²) in [6, 6.07) is 16.7.